The Hall–Kier alpha value is -2.90. The van der Waals surface area contributed by atoms with Crippen LogP contribution in [0.3, 0.4) is 0 Å². The number of anilines is 1. The minimum Gasteiger partial charge on any atom is -0.384 e. The molecule has 0 saturated carbocycles. The van der Waals surface area contributed by atoms with Crippen LogP contribution in [0.1, 0.15) is 42.6 Å². The number of hydrogen-bond acceptors (Lipinski definition) is 5. The maximum absolute atomic E-state index is 12.8. The Morgan fingerprint density at radius 1 is 1.26 bits per heavy atom. The van der Waals surface area contributed by atoms with Gasteiger partial charge >= 0.3 is 0 Å². The average molecular weight is 440 g/mol. The highest BCUT2D eigenvalue weighted by molar-refractivity contribution is 6.30. The smallest absolute Gasteiger partial charge is 0.242 e. The Morgan fingerprint density at radius 3 is 2.90 bits per heavy atom. The molecule has 1 aromatic heterocycles. The Morgan fingerprint density at radius 2 is 2.10 bits per heavy atom. The van der Waals surface area contributed by atoms with Gasteiger partial charge in [-0.25, -0.2) is 4.98 Å². The molecule has 0 fully saturated rings. The van der Waals surface area contributed by atoms with Gasteiger partial charge in [0.15, 0.2) is 0 Å². The number of benzene rings is 1. The molecule has 8 heteroatoms. The number of carbonyl (C=O) groups excluding carboxylic acids is 2. The molecule has 2 heterocycles. The van der Waals surface area contributed by atoms with Crippen LogP contribution in [0.4, 0.5) is 5.82 Å². The van der Waals surface area contributed by atoms with Gasteiger partial charge in [-0.1, -0.05) is 35.9 Å². The number of nitrogens with one attached hydrogen (secondary N) is 3. The monoisotopic (exact) mass is 439 g/mol. The molecule has 3 atom stereocenters. The van der Waals surface area contributed by atoms with Gasteiger partial charge in [0.1, 0.15) is 17.9 Å². The average Bonchev–Trinajstić information content (AvgIpc) is 3.15. The molecule has 0 spiro atoms. The highest BCUT2D eigenvalue weighted by Gasteiger charge is 2.28. The molecule has 31 heavy (non-hydrogen) atoms. The first kappa shape index (κ1) is 21.3. The lowest BCUT2D eigenvalue weighted by Crippen LogP contribution is -2.52. The minimum atomic E-state index is -0.662. The van der Waals surface area contributed by atoms with Gasteiger partial charge in [-0.3, -0.25) is 9.59 Å². The Kier molecular flexibility index (Phi) is 6.25. The molecule has 2 amide bonds. The highest BCUT2D eigenvalue weighted by Crippen LogP contribution is 2.30. The lowest BCUT2D eigenvalue weighted by Gasteiger charge is -2.25. The largest absolute Gasteiger partial charge is 0.384 e. The first-order valence-electron chi connectivity index (χ1n) is 10.5. The van der Waals surface area contributed by atoms with E-state index in [9.17, 15) is 9.59 Å². The molecule has 0 radical (unpaired) electrons. The molecule has 1 aromatic carbocycles. The minimum absolute atomic E-state index is 0.114. The number of nitrogen functional groups attached to an aromatic ring is 1. The number of fused-ring (bicyclic) bond motifs is 1. The summed E-state index contributed by atoms with van der Waals surface area (Å²) in [5.41, 5.74) is 9.72. The van der Waals surface area contributed by atoms with Crippen LogP contribution in [0, 0.1) is 0 Å². The topological polar surface area (TPSA) is 109 Å². The van der Waals surface area contributed by atoms with E-state index in [1.165, 1.54) is 0 Å². The Balaban J connectivity index is 1.37. The van der Waals surface area contributed by atoms with E-state index in [-0.39, 0.29) is 17.9 Å². The van der Waals surface area contributed by atoms with Crippen molar-refractivity contribution in [2.75, 3.05) is 12.3 Å². The normalized spacial score (nSPS) is 21.0. The number of amides is 2. The number of halogens is 1. The molecule has 1 aliphatic heterocycles. The molecule has 0 unspecified atom stereocenters. The van der Waals surface area contributed by atoms with Gasteiger partial charge in [0.2, 0.25) is 11.8 Å². The third kappa shape index (κ3) is 4.89. The van der Waals surface area contributed by atoms with Gasteiger partial charge in [0.25, 0.3) is 0 Å². The predicted octanol–water partition coefficient (Wildman–Crippen LogP) is 2.37. The van der Waals surface area contributed by atoms with Gasteiger partial charge in [-0.2, -0.15) is 0 Å². The second-order valence-corrected chi connectivity index (χ2v) is 8.42. The number of carbonyl (C=O) groups is 2. The van der Waals surface area contributed by atoms with Crippen molar-refractivity contribution in [2.45, 2.75) is 44.3 Å². The van der Waals surface area contributed by atoms with E-state index in [4.69, 9.17) is 17.3 Å². The van der Waals surface area contributed by atoms with E-state index >= 15 is 0 Å². The van der Waals surface area contributed by atoms with Crippen molar-refractivity contribution in [3.05, 3.63) is 64.3 Å². The fourth-order valence-corrected chi connectivity index (χ4v) is 4.29. The fourth-order valence-electron chi connectivity index (χ4n) is 4.10. The summed E-state index contributed by atoms with van der Waals surface area (Å²) in [5, 5.41) is 9.70. The zero-order valence-electron chi connectivity index (χ0n) is 17.3. The molecule has 0 bridgehead atoms. The van der Waals surface area contributed by atoms with Crippen molar-refractivity contribution < 1.29 is 9.59 Å². The van der Waals surface area contributed by atoms with Gasteiger partial charge in [0.05, 0.1) is 6.04 Å². The van der Waals surface area contributed by atoms with Gasteiger partial charge in [-0.05, 0) is 61.1 Å². The summed E-state index contributed by atoms with van der Waals surface area (Å²) >= 11 is 6.10. The van der Waals surface area contributed by atoms with Crippen molar-refractivity contribution in [2.24, 2.45) is 0 Å². The van der Waals surface area contributed by atoms with Crippen molar-refractivity contribution >= 4 is 34.8 Å². The Bertz CT molecular complexity index is 1040. The van der Waals surface area contributed by atoms with E-state index in [1.54, 1.807) is 13.0 Å². The molecule has 2 aromatic rings. The highest BCUT2D eigenvalue weighted by atomic mass is 35.5. The maximum atomic E-state index is 12.8. The van der Waals surface area contributed by atoms with Crippen molar-refractivity contribution in [3.63, 3.8) is 0 Å². The third-order valence-electron chi connectivity index (χ3n) is 5.75. The summed E-state index contributed by atoms with van der Waals surface area (Å²) in [6.07, 6.45) is 4.25. The number of aromatic nitrogens is 1. The lowest BCUT2D eigenvalue weighted by atomic mass is 9.97. The summed E-state index contributed by atoms with van der Waals surface area (Å²) in [7, 11) is 0. The van der Waals surface area contributed by atoms with Crippen LogP contribution in [0.25, 0.3) is 5.57 Å². The Labute approximate surface area is 186 Å². The van der Waals surface area contributed by atoms with E-state index < -0.39 is 12.1 Å². The van der Waals surface area contributed by atoms with E-state index in [2.05, 4.69) is 20.9 Å². The summed E-state index contributed by atoms with van der Waals surface area (Å²) in [6.45, 7) is 2.36. The first-order valence-corrected chi connectivity index (χ1v) is 10.8. The predicted molar refractivity (Wildman–Crippen MR) is 121 cm³/mol. The zero-order valence-corrected chi connectivity index (χ0v) is 18.1. The molecule has 7 nitrogen and oxygen atoms in total. The maximum Gasteiger partial charge on any atom is 0.242 e. The number of pyridine rings is 1. The summed E-state index contributed by atoms with van der Waals surface area (Å²) in [6, 6.07) is 9.97. The number of nitrogens with two attached hydrogens (primary N) is 1. The molecule has 2 aliphatic rings. The van der Waals surface area contributed by atoms with E-state index in [1.807, 2.05) is 36.4 Å². The number of aryl methyl sites for hydroxylation is 1. The molecule has 1 aliphatic carbocycles. The van der Waals surface area contributed by atoms with Crippen LogP contribution in [0.15, 0.2) is 42.5 Å². The standard InChI is InChI=1S/C23H26ClN5O2/c1-13(22(30)29-19-7-6-18-17(19)5-8-21(25)28-18)27-23(31)20-12-15(9-10-26-20)14-3-2-4-16(24)11-14/h2-5,8,11-13,19-20,26H,6-7,9-10H2,1H3,(H2,25,28)(H,27,31)(H,29,30)/t13-,19+,20+/m0/s1. The van der Waals surface area contributed by atoms with Crippen molar-refractivity contribution in [1.82, 2.24) is 20.9 Å². The molecule has 162 valence electrons. The van der Waals surface area contributed by atoms with Crippen LogP contribution in [-0.2, 0) is 16.0 Å². The van der Waals surface area contributed by atoms with Crippen LogP contribution >= 0.6 is 11.6 Å². The molecule has 0 saturated heterocycles. The van der Waals surface area contributed by atoms with E-state index in [0.29, 0.717) is 17.4 Å². The van der Waals surface area contributed by atoms with Crippen LogP contribution < -0.4 is 21.7 Å². The zero-order chi connectivity index (χ0) is 22.0. The summed E-state index contributed by atoms with van der Waals surface area (Å²) < 4.78 is 0. The number of hydrogen-bond donors (Lipinski definition) is 4. The molecule has 5 N–H and O–H groups in total. The van der Waals surface area contributed by atoms with Gasteiger partial charge in [-0.15, -0.1) is 0 Å². The summed E-state index contributed by atoms with van der Waals surface area (Å²) in [4.78, 5) is 29.8. The lowest BCUT2D eigenvalue weighted by molar-refractivity contribution is -0.129. The fraction of sp³-hybridized carbons (Fsp3) is 0.348. The van der Waals surface area contributed by atoms with Crippen LogP contribution in [-0.4, -0.2) is 35.4 Å². The molecule has 4 rings (SSSR count). The second-order valence-electron chi connectivity index (χ2n) is 7.99. The first-order chi connectivity index (χ1) is 14.9. The van der Waals surface area contributed by atoms with E-state index in [0.717, 1.165) is 41.7 Å². The SMILES string of the molecule is C[C@H](NC(=O)[C@H]1C=C(c2cccc(Cl)c2)CCN1)C(=O)N[C@@H]1CCc2nc(N)ccc21. The van der Waals surface area contributed by atoms with Gasteiger partial charge in [0, 0.05) is 17.3 Å². The number of nitrogens with zero attached hydrogens (tertiary/aromatic N) is 1. The van der Waals surface area contributed by atoms with Crippen molar-refractivity contribution in [1.29, 1.82) is 0 Å². The van der Waals surface area contributed by atoms with Crippen LogP contribution in [0.2, 0.25) is 5.02 Å². The summed E-state index contributed by atoms with van der Waals surface area (Å²) in [5.74, 6) is 0.0255. The number of rotatable bonds is 5. The second kappa shape index (κ2) is 9.08. The van der Waals surface area contributed by atoms with Crippen LogP contribution in [0.5, 0.6) is 0 Å². The van der Waals surface area contributed by atoms with Crippen molar-refractivity contribution in [3.8, 4) is 0 Å². The molecular weight excluding hydrogens is 414 g/mol. The van der Waals surface area contributed by atoms with Gasteiger partial charge < -0.3 is 21.7 Å². The third-order valence-corrected chi connectivity index (χ3v) is 5.98. The molecular formula is C23H26ClN5O2. The quantitative estimate of drug-likeness (QED) is 0.572.